The van der Waals surface area contributed by atoms with Gasteiger partial charge in [-0.05, 0) is 48.0 Å². The summed E-state index contributed by atoms with van der Waals surface area (Å²) in [6.07, 6.45) is 1.46. The Kier molecular flexibility index (Phi) is 6.19. The SMILES string of the molecule is COc1cc(/C=N/NC(=S)Nc2ccc(C(C)C)cc2)cc(O)c1O. The summed E-state index contributed by atoms with van der Waals surface area (Å²) >= 11 is 5.18. The lowest BCUT2D eigenvalue weighted by molar-refractivity contribution is 0.351. The molecule has 0 aliphatic rings. The number of hydrazone groups is 1. The van der Waals surface area contributed by atoms with Crippen LogP contribution in [0.4, 0.5) is 5.69 Å². The van der Waals surface area contributed by atoms with Gasteiger partial charge < -0.3 is 20.3 Å². The summed E-state index contributed by atoms with van der Waals surface area (Å²) in [5, 5.41) is 26.6. The molecule has 0 saturated heterocycles. The number of hydrogen-bond acceptors (Lipinski definition) is 5. The summed E-state index contributed by atoms with van der Waals surface area (Å²) in [7, 11) is 1.40. The molecule has 0 bridgehead atoms. The topological polar surface area (TPSA) is 86.1 Å². The molecule has 0 saturated carbocycles. The van der Waals surface area contributed by atoms with Crippen LogP contribution in [0, 0.1) is 0 Å². The molecule has 0 fully saturated rings. The first kappa shape index (κ1) is 18.5. The van der Waals surface area contributed by atoms with Crippen molar-refractivity contribution in [2.24, 2.45) is 5.10 Å². The minimum Gasteiger partial charge on any atom is -0.504 e. The molecular weight excluding hydrogens is 338 g/mol. The molecule has 0 aliphatic heterocycles. The fraction of sp³-hybridized carbons (Fsp3) is 0.222. The Bertz CT molecular complexity index is 774. The molecule has 0 aliphatic carbocycles. The van der Waals surface area contributed by atoms with Crippen LogP contribution in [0.5, 0.6) is 17.2 Å². The van der Waals surface area contributed by atoms with Gasteiger partial charge in [-0.3, -0.25) is 5.43 Å². The smallest absolute Gasteiger partial charge is 0.200 e. The molecule has 0 aromatic heterocycles. The molecule has 2 aromatic rings. The maximum absolute atomic E-state index is 9.63. The van der Waals surface area contributed by atoms with Crippen LogP contribution in [0.3, 0.4) is 0 Å². The maximum Gasteiger partial charge on any atom is 0.200 e. The van der Waals surface area contributed by atoms with E-state index in [1.165, 1.54) is 25.0 Å². The van der Waals surface area contributed by atoms with E-state index < -0.39 is 0 Å². The van der Waals surface area contributed by atoms with Crippen molar-refractivity contribution in [3.63, 3.8) is 0 Å². The molecule has 0 spiro atoms. The van der Waals surface area contributed by atoms with Crippen LogP contribution in [-0.2, 0) is 0 Å². The van der Waals surface area contributed by atoms with E-state index in [0.29, 0.717) is 16.6 Å². The van der Waals surface area contributed by atoms with Crippen LogP contribution in [0.1, 0.15) is 30.9 Å². The van der Waals surface area contributed by atoms with Crippen molar-refractivity contribution in [3.8, 4) is 17.2 Å². The molecule has 0 radical (unpaired) electrons. The Morgan fingerprint density at radius 2 is 1.88 bits per heavy atom. The number of nitrogens with one attached hydrogen (secondary N) is 2. The van der Waals surface area contributed by atoms with Crippen molar-refractivity contribution in [2.75, 3.05) is 12.4 Å². The summed E-state index contributed by atoms with van der Waals surface area (Å²) < 4.78 is 4.97. The van der Waals surface area contributed by atoms with E-state index in [2.05, 4.69) is 29.7 Å². The molecule has 2 aromatic carbocycles. The number of hydrogen-bond donors (Lipinski definition) is 4. The van der Waals surface area contributed by atoms with Gasteiger partial charge >= 0.3 is 0 Å². The van der Waals surface area contributed by atoms with Crippen LogP contribution in [0.2, 0.25) is 0 Å². The summed E-state index contributed by atoms with van der Waals surface area (Å²) in [5.74, 6) is 0.0382. The zero-order valence-electron chi connectivity index (χ0n) is 14.3. The van der Waals surface area contributed by atoms with Gasteiger partial charge in [0.05, 0.1) is 13.3 Å². The molecule has 2 rings (SSSR count). The number of anilines is 1. The molecule has 0 heterocycles. The molecule has 4 N–H and O–H groups in total. The van der Waals surface area contributed by atoms with Gasteiger partial charge in [0, 0.05) is 11.3 Å². The highest BCUT2D eigenvalue weighted by molar-refractivity contribution is 7.80. The number of nitrogens with zero attached hydrogens (tertiary/aromatic N) is 1. The standard InChI is InChI=1S/C18H21N3O3S/c1-11(2)13-4-6-14(7-5-13)20-18(25)21-19-10-12-8-15(22)17(23)16(9-12)24-3/h4-11,22-23H,1-3H3,(H2,20,21,25)/b19-10+. The molecule has 7 heteroatoms. The number of phenols is 2. The first-order valence-electron chi connectivity index (χ1n) is 7.70. The molecule has 0 amide bonds. The van der Waals surface area contributed by atoms with Crippen LogP contribution in [0.15, 0.2) is 41.5 Å². The molecule has 25 heavy (non-hydrogen) atoms. The second kappa shape index (κ2) is 8.34. The fourth-order valence-electron chi connectivity index (χ4n) is 2.12. The highest BCUT2D eigenvalue weighted by atomic mass is 32.1. The van der Waals surface area contributed by atoms with Crippen LogP contribution in [-0.4, -0.2) is 28.6 Å². The highest BCUT2D eigenvalue weighted by Crippen LogP contribution is 2.35. The van der Waals surface area contributed by atoms with E-state index in [1.54, 1.807) is 6.07 Å². The lowest BCUT2D eigenvalue weighted by Crippen LogP contribution is -2.23. The average Bonchev–Trinajstić information content (AvgIpc) is 2.58. The third kappa shape index (κ3) is 5.09. The number of ether oxygens (including phenoxy) is 1. The maximum atomic E-state index is 9.63. The normalized spacial score (nSPS) is 10.9. The molecular formula is C18H21N3O3S. The van der Waals surface area contributed by atoms with Crippen LogP contribution < -0.4 is 15.5 Å². The fourth-order valence-corrected chi connectivity index (χ4v) is 2.29. The van der Waals surface area contributed by atoms with Crippen molar-refractivity contribution in [1.82, 2.24) is 5.43 Å². The number of benzene rings is 2. The first-order valence-corrected chi connectivity index (χ1v) is 8.11. The third-order valence-electron chi connectivity index (χ3n) is 3.51. The second-order valence-electron chi connectivity index (χ2n) is 5.69. The summed E-state index contributed by atoms with van der Waals surface area (Å²) in [5.41, 5.74) is 5.35. The Balaban J connectivity index is 1.95. The van der Waals surface area contributed by atoms with E-state index in [-0.39, 0.29) is 17.2 Å². The van der Waals surface area contributed by atoms with Gasteiger partial charge in [-0.2, -0.15) is 5.10 Å². The van der Waals surface area contributed by atoms with E-state index in [1.807, 2.05) is 24.3 Å². The Morgan fingerprint density at radius 3 is 2.48 bits per heavy atom. The molecule has 0 unspecified atom stereocenters. The van der Waals surface area contributed by atoms with Gasteiger partial charge in [0.25, 0.3) is 0 Å². The third-order valence-corrected chi connectivity index (χ3v) is 3.71. The molecule has 0 atom stereocenters. The van der Waals surface area contributed by atoms with Crippen LogP contribution >= 0.6 is 12.2 Å². The van der Waals surface area contributed by atoms with E-state index in [9.17, 15) is 10.2 Å². The highest BCUT2D eigenvalue weighted by Gasteiger charge is 2.08. The second-order valence-corrected chi connectivity index (χ2v) is 6.10. The van der Waals surface area contributed by atoms with Gasteiger partial charge in [-0.15, -0.1) is 0 Å². The van der Waals surface area contributed by atoms with Gasteiger partial charge in [0.1, 0.15) is 0 Å². The Hall–Kier alpha value is -2.80. The summed E-state index contributed by atoms with van der Waals surface area (Å²) in [4.78, 5) is 0. The van der Waals surface area contributed by atoms with Crippen molar-refractivity contribution >= 4 is 29.2 Å². The van der Waals surface area contributed by atoms with E-state index in [4.69, 9.17) is 17.0 Å². The van der Waals surface area contributed by atoms with Crippen molar-refractivity contribution in [1.29, 1.82) is 0 Å². The van der Waals surface area contributed by atoms with Crippen molar-refractivity contribution < 1.29 is 14.9 Å². The monoisotopic (exact) mass is 359 g/mol. The van der Waals surface area contributed by atoms with Gasteiger partial charge in [0.2, 0.25) is 5.75 Å². The summed E-state index contributed by atoms with van der Waals surface area (Å²) in [6.45, 7) is 4.28. The average molecular weight is 359 g/mol. The van der Waals surface area contributed by atoms with Gasteiger partial charge in [-0.1, -0.05) is 26.0 Å². The number of methoxy groups -OCH3 is 1. The van der Waals surface area contributed by atoms with Gasteiger partial charge in [0.15, 0.2) is 16.6 Å². The zero-order valence-corrected chi connectivity index (χ0v) is 15.1. The van der Waals surface area contributed by atoms with Crippen molar-refractivity contribution in [2.45, 2.75) is 19.8 Å². The minimum absolute atomic E-state index is 0.160. The van der Waals surface area contributed by atoms with E-state index >= 15 is 0 Å². The Morgan fingerprint density at radius 1 is 1.20 bits per heavy atom. The number of rotatable bonds is 5. The molecule has 132 valence electrons. The lowest BCUT2D eigenvalue weighted by Gasteiger charge is -2.09. The van der Waals surface area contributed by atoms with E-state index in [0.717, 1.165) is 5.69 Å². The predicted molar refractivity (Wildman–Crippen MR) is 104 cm³/mol. The first-order chi connectivity index (χ1) is 11.9. The summed E-state index contributed by atoms with van der Waals surface area (Å²) in [6, 6.07) is 10.9. The van der Waals surface area contributed by atoms with Crippen LogP contribution in [0.25, 0.3) is 0 Å². The Labute approximate surface area is 152 Å². The van der Waals surface area contributed by atoms with Crippen molar-refractivity contribution in [3.05, 3.63) is 47.5 Å². The minimum atomic E-state index is -0.311. The zero-order chi connectivity index (χ0) is 18.4. The quantitative estimate of drug-likeness (QED) is 0.283. The predicted octanol–water partition coefficient (Wildman–Crippen LogP) is 3.55. The number of aromatic hydroxyl groups is 2. The van der Waals surface area contributed by atoms with Gasteiger partial charge in [-0.25, -0.2) is 0 Å². The molecule has 6 nitrogen and oxygen atoms in total. The lowest BCUT2D eigenvalue weighted by atomic mass is 10.0. The largest absolute Gasteiger partial charge is 0.504 e. The number of phenolic OH excluding ortho intramolecular Hbond substituents is 2. The number of thiocarbonyl (C=S) groups is 1.